The van der Waals surface area contributed by atoms with Gasteiger partial charge in [-0.15, -0.1) is 0 Å². The van der Waals surface area contributed by atoms with E-state index in [9.17, 15) is 27.9 Å². The zero-order valence-electron chi connectivity index (χ0n) is 15.1. The van der Waals surface area contributed by atoms with Crippen LogP contribution < -0.4 is 9.80 Å². The minimum absolute atomic E-state index is 0.167. The lowest BCUT2D eigenvalue weighted by Gasteiger charge is -2.35. The van der Waals surface area contributed by atoms with Crippen molar-refractivity contribution in [2.75, 3.05) is 63.3 Å². The van der Waals surface area contributed by atoms with Crippen LogP contribution in [0.25, 0.3) is 0 Å². The summed E-state index contributed by atoms with van der Waals surface area (Å²) in [6.07, 6.45) is -5.13. The van der Waals surface area contributed by atoms with Gasteiger partial charge in [0.1, 0.15) is 0 Å². The lowest BCUT2D eigenvalue weighted by molar-refractivity contribution is -0.170. The van der Waals surface area contributed by atoms with E-state index in [1.165, 1.54) is 19.2 Å². The van der Waals surface area contributed by atoms with Crippen LogP contribution in [0.4, 0.5) is 24.5 Å². The van der Waals surface area contributed by atoms with Gasteiger partial charge in [-0.2, -0.15) is 13.2 Å². The molecule has 1 aliphatic rings. The summed E-state index contributed by atoms with van der Waals surface area (Å²) in [5.41, 5.74) is -0.0969. The molecule has 27 heavy (non-hydrogen) atoms. The van der Waals surface area contributed by atoms with Gasteiger partial charge in [0.25, 0.3) is 0 Å². The lowest BCUT2D eigenvalue weighted by atomic mass is 10.1. The molecule has 0 bridgehead atoms. The smallest absolute Gasteiger partial charge is 0.471 e. The van der Waals surface area contributed by atoms with E-state index in [2.05, 4.69) is 4.90 Å². The molecule has 1 N–H and O–H groups in total. The Morgan fingerprint density at radius 2 is 1.85 bits per heavy atom. The van der Waals surface area contributed by atoms with Gasteiger partial charge >= 0.3 is 18.1 Å². The number of carbonyl (C=O) groups excluding carboxylic acids is 1. The molecule has 10 heteroatoms. The summed E-state index contributed by atoms with van der Waals surface area (Å²) in [7, 11) is 3.25. The van der Waals surface area contributed by atoms with E-state index in [0.717, 1.165) is 13.1 Å². The number of anilines is 2. The second-order valence-corrected chi connectivity index (χ2v) is 6.24. The van der Waals surface area contributed by atoms with Crippen LogP contribution in [0.3, 0.4) is 0 Å². The molecular formula is C17H22F3N3O4. The van der Waals surface area contributed by atoms with Crippen molar-refractivity contribution in [3.8, 4) is 0 Å². The Labute approximate surface area is 154 Å². The number of aromatic carboxylic acids is 1. The quantitative estimate of drug-likeness (QED) is 0.798. The normalized spacial score (nSPS) is 15.7. The minimum Gasteiger partial charge on any atom is -0.478 e. The van der Waals surface area contributed by atoms with E-state index in [0.29, 0.717) is 23.7 Å². The predicted octanol–water partition coefficient (Wildman–Crippen LogP) is 1.68. The molecule has 1 heterocycles. The maximum absolute atomic E-state index is 13.0. The molecule has 1 aromatic rings. The Hall–Kier alpha value is -2.33. The number of amides is 1. The van der Waals surface area contributed by atoms with Crippen LogP contribution in [0.2, 0.25) is 0 Å². The Bertz CT molecular complexity index is 688. The van der Waals surface area contributed by atoms with Gasteiger partial charge < -0.3 is 24.5 Å². The summed E-state index contributed by atoms with van der Waals surface area (Å²) in [5, 5.41) is 9.39. The molecule has 7 nitrogen and oxygen atoms in total. The third-order valence-corrected chi connectivity index (χ3v) is 4.38. The third kappa shape index (κ3) is 5.10. The molecule has 1 fully saturated rings. The fourth-order valence-electron chi connectivity index (χ4n) is 2.85. The van der Waals surface area contributed by atoms with Gasteiger partial charge in [0.2, 0.25) is 0 Å². The average Bonchev–Trinajstić information content (AvgIpc) is 2.61. The van der Waals surface area contributed by atoms with Gasteiger partial charge in [-0.1, -0.05) is 0 Å². The molecule has 0 aromatic heterocycles. The number of nitrogens with zero attached hydrogens (tertiary/aromatic N) is 3. The van der Waals surface area contributed by atoms with E-state index >= 15 is 0 Å². The van der Waals surface area contributed by atoms with Crippen molar-refractivity contribution in [1.82, 2.24) is 4.90 Å². The molecule has 0 unspecified atom stereocenters. The maximum Gasteiger partial charge on any atom is 0.471 e. The number of carbonyl (C=O) groups is 2. The molecular weight excluding hydrogens is 367 g/mol. The number of methoxy groups -OCH3 is 1. The SMILES string of the molecule is COCCN(C(=O)C(F)(F)F)c1cc(N2CCN(C)CC2)ccc1C(=O)O. The summed E-state index contributed by atoms with van der Waals surface area (Å²) >= 11 is 0. The second-order valence-electron chi connectivity index (χ2n) is 6.24. The molecule has 2 rings (SSSR count). The third-order valence-electron chi connectivity index (χ3n) is 4.38. The summed E-state index contributed by atoms with van der Waals surface area (Å²) in [6.45, 7) is 2.25. The van der Waals surface area contributed by atoms with Crippen LogP contribution in [0.5, 0.6) is 0 Å². The average molecular weight is 389 g/mol. The number of halogens is 3. The van der Waals surface area contributed by atoms with E-state index < -0.39 is 24.6 Å². The number of piperazine rings is 1. The first-order valence-corrected chi connectivity index (χ1v) is 8.33. The van der Waals surface area contributed by atoms with Crippen molar-refractivity contribution in [1.29, 1.82) is 0 Å². The van der Waals surface area contributed by atoms with Crippen molar-refractivity contribution in [3.05, 3.63) is 23.8 Å². The zero-order chi connectivity index (χ0) is 20.2. The highest BCUT2D eigenvalue weighted by Gasteiger charge is 2.43. The van der Waals surface area contributed by atoms with Gasteiger partial charge in [-0.3, -0.25) is 4.79 Å². The summed E-state index contributed by atoms with van der Waals surface area (Å²) < 4.78 is 43.9. The van der Waals surface area contributed by atoms with Crippen LogP contribution in [0, 0.1) is 0 Å². The number of hydrogen-bond acceptors (Lipinski definition) is 5. The van der Waals surface area contributed by atoms with Crippen LogP contribution in [-0.4, -0.2) is 81.5 Å². The first kappa shape index (κ1) is 21.0. The predicted molar refractivity (Wildman–Crippen MR) is 93.4 cm³/mol. The largest absolute Gasteiger partial charge is 0.478 e. The molecule has 0 radical (unpaired) electrons. The number of hydrogen-bond donors (Lipinski definition) is 1. The van der Waals surface area contributed by atoms with E-state index in [1.807, 2.05) is 11.9 Å². The molecule has 0 aliphatic carbocycles. The number of carboxylic acids is 1. The summed E-state index contributed by atoms with van der Waals surface area (Å²) in [6, 6.07) is 4.10. The van der Waals surface area contributed by atoms with Crippen molar-refractivity contribution in [2.45, 2.75) is 6.18 Å². The monoisotopic (exact) mass is 389 g/mol. The second kappa shape index (κ2) is 8.57. The first-order chi connectivity index (χ1) is 12.6. The lowest BCUT2D eigenvalue weighted by Crippen LogP contribution is -2.45. The highest BCUT2D eigenvalue weighted by atomic mass is 19.4. The van der Waals surface area contributed by atoms with Gasteiger partial charge in [-0.05, 0) is 25.2 Å². The summed E-state index contributed by atoms with van der Waals surface area (Å²) in [5.74, 6) is -3.54. The summed E-state index contributed by atoms with van der Waals surface area (Å²) in [4.78, 5) is 27.9. The fraction of sp³-hybridized carbons (Fsp3) is 0.529. The van der Waals surface area contributed by atoms with Crippen molar-refractivity contribution >= 4 is 23.3 Å². The highest BCUT2D eigenvalue weighted by molar-refractivity contribution is 6.04. The molecule has 0 saturated carbocycles. The number of likely N-dealkylation sites (N-methyl/N-ethyl adjacent to an activating group) is 1. The number of carboxylic acid groups (broad SMARTS) is 1. The van der Waals surface area contributed by atoms with Crippen molar-refractivity contribution in [2.24, 2.45) is 0 Å². The van der Waals surface area contributed by atoms with Crippen LogP contribution in [-0.2, 0) is 9.53 Å². The molecule has 1 aromatic carbocycles. The number of rotatable bonds is 6. The first-order valence-electron chi connectivity index (χ1n) is 8.33. The van der Waals surface area contributed by atoms with Crippen LogP contribution in [0.15, 0.2) is 18.2 Å². The fourth-order valence-corrected chi connectivity index (χ4v) is 2.85. The topological polar surface area (TPSA) is 73.3 Å². The molecule has 0 spiro atoms. The van der Waals surface area contributed by atoms with Crippen LogP contribution >= 0.6 is 0 Å². The van der Waals surface area contributed by atoms with E-state index in [-0.39, 0.29) is 17.9 Å². The Balaban J connectivity index is 2.46. The van der Waals surface area contributed by atoms with Crippen molar-refractivity contribution < 1.29 is 32.6 Å². The van der Waals surface area contributed by atoms with Gasteiger partial charge in [0.05, 0.1) is 17.9 Å². The Kier molecular flexibility index (Phi) is 6.66. The van der Waals surface area contributed by atoms with E-state index in [1.54, 1.807) is 6.07 Å². The van der Waals surface area contributed by atoms with Crippen molar-refractivity contribution in [3.63, 3.8) is 0 Å². The number of benzene rings is 1. The maximum atomic E-state index is 13.0. The molecule has 0 atom stereocenters. The molecule has 1 saturated heterocycles. The van der Waals surface area contributed by atoms with E-state index in [4.69, 9.17) is 4.74 Å². The molecule has 1 aliphatic heterocycles. The highest BCUT2D eigenvalue weighted by Crippen LogP contribution is 2.31. The standard InChI is InChI=1S/C17H22F3N3O4/c1-21-5-7-22(8-6-21)12-3-4-13(15(24)25)14(11-12)23(9-10-27-2)16(26)17(18,19)20/h3-4,11H,5-10H2,1-2H3,(H,24,25). The van der Waals surface area contributed by atoms with Gasteiger partial charge in [-0.25, -0.2) is 4.79 Å². The van der Waals surface area contributed by atoms with Crippen LogP contribution in [0.1, 0.15) is 10.4 Å². The van der Waals surface area contributed by atoms with Gasteiger partial charge in [0.15, 0.2) is 0 Å². The molecule has 150 valence electrons. The zero-order valence-corrected chi connectivity index (χ0v) is 15.1. The number of alkyl halides is 3. The molecule has 1 amide bonds. The Morgan fingerprint density at radius 1 is 1.22 bits per heavy atom. The Morgan fingerprint density at radius 3 is 2.37 bits per heavy atom. The minimum atomic E-state index is -5.13. The number of ether oxygens (including phenoxy) is 1. The van der Waals surface area contributed by atoms with Gasteiger partial charge in [0, 0.05) is 45.5 Å².